The van der Waals surface area contributed by atoms with Gasteiger partial charge in [0.25, 0.3) is 0 Å². The SMILES string of the molecule is N=C(CO)OC(=N)c1cccc(O)c1. The first-order chi connectivity index (χ1) is 6.63. The third kappa shape index (κ3) is 2.56. The number of phenolic OH excluding ortho intramolecular Hbond substituents is 1. The van der Waals surface area contributed by atoms with E-state index in [9.17, 15) is 0 Å². The van der Waals surface area contributed by atoms with Gasteiger partial charge < -0.3 is 14.9 Å². The number of hydrogen-bond donors (Lipinski definition) is 4. The molecule has 0 radical (unpaired) electrons. The van der Waals surface area contributed by atoms with Crippen LogP contribution in [0, 0.1) is 10.8 Å². The fourth-order valence-corrected chi connectivity index (χ4v) is 0.862. The summed E-state index contributed by atoms with van der Waals surface area (Å²) in [6.07, 6.45) is 0. The minimum atomic E-state index is -0.554. The third-order valence-electron chi connectivity index (χ3n) is 1.48. The largest absolute Gasteiger partial charge is 0.508 e. The van der Waals surface area contributed by atoms with Crippen LogP contribution < -0.4 is 0 Å². The highest BCUT2D eigenvalue weighted by molar-refractivity contribution is 5.99. The maximum Gasteiger partial charge on any atom is 0.221 e. The van der Waals surface area contributed by atoms with Crippen molar-refractivity contribution in [1.82, 2.24) is 0 Å². The molecule has 0 spiro atoms. The number of nitrogens with one attached hydrogen (secondary N) is 2. The highest BCUT2D eigenvalue weighted by Gasteiger charge is 2.05. The lowest BCUT2D eigenvalue weighted by molar-refractivity contribution is 0.325. The fraction of sp³-hybridized carbons (Fsp3) is 0.111. The zero-order valence-electron chi connectivity index (χ0n) is 7.32. The number of benzene rings is 1. The average Bonchev–Trinajstić information content (AvgIpc) is 2.17. The molecule has 0 aliphatic rings. The van der Waals surface area contributed by atoms with E-state index in [0.717, 1.165) is 0 Å². The van der Waals surface area contributed by atoms with Gasteiger partial charge in [0, 0.05) is 5.56 Å². The first-order valence-corrected chi connectivity index (χ1v) is 3.87. The Hall–Kier alpha value is -1.88. The van der Waals surface area contributed by atoms with Gasteiger partial charge in [-0.3, -0.25) is 10.8 Å². The van der Waals surface area contributed by atoms with Crippen LogP contribution >= 0.6 is 0 Å². The van der Waals surface area contributed by atoms with Crippen LogP contribution in [-0.2, 0) is 4.74 Å². The summed E-state index contributed by atoms with van der Waals surface area (Å²) in [6, 6.07) is 5.93. The number of aliphatic hydroxyl groups excluding tert-OH is 1. The molecule has 74 valence electrons. The monoisotopic (exact) mass is 194 g/mol. The van der Waals surface area contributed by atoms with E-state index in [0.29, 0.717) is 5.56 Å². The van der Waals surface area contributed by atoms with Crippen LogP contribution in [0.1, 0.15) is 5.56 Å². The van der Waals surface area contributed by atoms with Gasteiger partial charge in [0.15, 0.2) is 0 Å². The van der Waals surface area contributed by atoms with Crippen LogP contribution in [0.2, 0.25) is 0 Å². The van der Waals surface area contributed by atoms with Gasteiger partial charge in [0.2, 0.25) is 11.8 Å². The van der Waals surface area contributed by atoms with E-state index in [1.165, 1.54) is 12.1 Å². The van der Waals surface area contributed by atoms with Gasteiger partial charge in [0.05, 0.1) is 0 Å². The topological polar surface area (TPSA) is 97.4 Å². The second-order valence-electron chi connectivity index (χ2n) is 2.56. The minimum Gasteiger partial charge on any atom is -0.508 e. The summed E-state index contributed by atoms with van der Waals surface area (Å²) in [5, 5.41) is 32.0. The van der Waals surface area contributed by atoms with Crippen molar-refractivity contribution in [1.29, 1.82) is 10.8 Å². The molecule has 0 aliphatic heterocycles. The molecule has 0 saturated heterocycles. The van der Waals surface area contributed by atoms with Crippen molar-refractivity contribution >= 4 is 11.8 Å². The van der Waals surface area contributed by atoms with E-state index >= 15 is 0 Å². The zero-order valence-corrected chi connectivity index (χ0v) is 7.32. The molecule has 0 heterocycles. The molecule has 0 aromatic heterocycles. The summed E-state index contributed by atoms with van der Waals surface area (Å²) in [5.74, 6) is -0.662. The Bertz CT molecular complexity index is 363. The predicted molar refractivity (Wildman–Crippen MR) is 50.8 cm³/mol. The standard InChI is InChI=1S/C9H10N2O3/c10-8(5-12)14-9(11)6-2-1-3-7(13)4-6/h1-4,10-13H,5H2. The van der Waals surface area contributed by atoms with Crippen LogP contribution in [0.25, 0.3) is 0 Å². The number of aliphatic hydroxyl groups is 1. The molecule has 1 rings (SSSR count). The van der Waals surface area contributed by atoms with Crippen molar-refractivity contribution in [2.24, 2.45) is 0 Å². The molecule has 14 heavy (non-hydrogen) atoms. The van der Waals surface area contributed by atoms with Crippen LogP contribution in [-0.4, -0.2) is 28.6 Å². The maximum absolute atomic E-state index is 9.10. The Morgan fingerprint density at radius 1 is 1.36 bits per heavy atom. The van der Waals surface area contributed by atoms with E-state index in [-0.39, 0.29) is 11.6 Å². The molecule has 1 aromatic rings. The maximum atomic E-state index is 9.10. The van der Waals surface area contributed by atoms with Crippen molar-refractivity contribution in [2.45, 2.75) is 0 Å². The van der Waals surface area contributed by atoms with Crippen molar-refractivity contribution in [3.63, 3.8) is 0 Å². The number of aromatic hydroxyl groups is 1. The Balaban J connectivity index is 2.75. The fourth-order valence-electron chi connectivity index (χ4n) is 0.862. The summed E-state index contributed by atoms with van der Waals surface area (Å²) in [5.41, 5.74) is 0.350. The number of hydrogen-bond acceptors (Lipinski definition) is 5. The van der Waals surface area contributed by atoms with E-state index in [1.807, 2.05) is 0 Å². The van der Waals surface area contributed by atoms with Crippen LogP contribution in [0.4, 0.5) is 0 Å². The smallest absolute Gasteiger partial charge is 0.221 e. The van der Waals surface area contributed by atoms with Gasteiger partial charge in [-0.05, 0) is 18.2 Å². The van der Waals surface area contributed by atoms with Gasteiger partial charge in [-0.15, -0.1) is 0 Å². The number of rotatable bonds is 2. The highest BCUT2D eigenvalue weighted by Crippen LogP contribution is 2.11. The Morgan fingerprint density at radius 3 is 2.64 bits per heavy atom. The van der Waals surface area contributed by atoms with E-state index in [2.05, 4.69) is 4.74 Å². The van der Waals surface area contributed by atoms with E-state index < -0.39 is 12.5 Å². The van der Waals surface area contributed by atoms with E-state index in [1.54, 1.807) is 12.1 Å². The van der Waals surface area contributed by atoms with Gasteiger partial charge >= 0.3 is 0 Å². The van der Waals surface area contributed by atoms with Gasteiger partial charge in [-0.25, -0.2) is 0 Å². The first-order valence-electron chi connectivity index (χ1n) is 3.87. The van der Waals surface area contributed by atoms with Crippen molar-refractivity contribution in [3.05, 3.63) is 29.8 Å². The molecule has 0 amide bonds. The van der Waals surface area contributed by atoms with Crippen molar-refractivity contribution in [2.75, 3.05) is 6.61 Å². The molecule has 0 fully saturated rings. The van der Waals surface area contributed by atoms with Crippen molar-refractivity contribution < 1.29 is 14.9 Å². The average molecular weight is 194 g/mol. The molecule has 1 aromatic carbocycles. The summed E-state index contributed by atoms with van der Waals surface area (Å²) >= 11 is 0. The molecular weight excluding hydrogens is 184 g/mol. The third-order valence-corrected chi connectivity index (χ3v) is 1.48. The normalized spacial score (nSPS) is 9.50. The predicted octanol–water partition coefficient (Wildman–Crippen LogP) is 0.704. The van der Waals surface area contributed by atoms with Gasteiger partial charge in [-0.2, -0.15) is 0 Å². The second kappa shape index (κ2) is 4.38. The molecule has 0 bridgehead atoms. The molecule has 0 atom stereocenters. The molecule has 4 N–H and O–H groups in total. The second-order valence-corrected chi connectivity index (χ2v) is 2.56. The Kier molecular flexibility index (Phi) is 3.19. The summed E-state index contributed by atoms with van der Waals surface area (Å²) in [6.45, 7) is -0.554. The lowest BCUT2D eigenvalue weighted by Gasteiger charge is -2.05. The summed E-state index contributed by atoms with van der Waals surface area (Å²) in [4.78, 5) is 0. The zero-order chi connectivity index (χ0) is 10.6. The van der Waals surface area contributed by atoms with Gasteiger partial charge in [0.1, 0.15) is 12.4 Å². The van der Waals surface area contributed by atoms with E-state index in [4.69, 9.17) is 21.0 Å². The highest BCUT2D eigenvalue weighted by atomic mass is 16.5. The molecule has 0 aliphatic carbocycles. The van der Waals surface area contributed by atoms with Crippen molar-refractivity contribution in [3.8, 4) is 5.75 Å². The molecule has 0 saturated carbocycles. The van der Waals surface area contributed by atoms with Gasteiger partial charge in [-0.1, -0.05) is 6.07 Å². The van der Waals surface area contributed by atoms with Crippen LogP contribution in [0.3, 0.4) is 0 Å². The lowest BCUT2D eigenvalue weighted by Crippen LogP contribution is -2.14. The summed E-state index contributed by atoms with van der Waals surface area (Å²) < 4.78 is 4.65. The summed E-state index contributed by atoms with van der Waals surface area (Å²) in [7, 11) is 0. The number of phenols is 1. The number of ether oxygens (including phenoxy) is 1. The Morgan fingerprint density at radius 2 is 2.07 bits per heavy atom. The quantitative estimate of drug-likeness (QED) is 0.412. The van der Waals surface area contributed by atoms with Crippen LogP contribution in [0.15, 0.2) is 24.3 Å². The molecule has 5 heteroatoms. The minimum absolute atomic E-state index is 0.0198. The molecular formula is C9H10N2O3. The van der Waals surface area contributed by atoms with Crippen LogP contribution in [0.5, 0.6) is 5.75 Å². The first kappa shape index (κ1) is 10.2. The Labute approximate surface area is 80.6 Å². The lowest BCUT2D eigenvalue weighted by atomic mass is 10.2. The molecule has 0 unspecified atom stereocenters. The molecule has 5 nitrogen and oxygen atoms in total.